The standard InChI is InChI=1S/C14H31ClN/c1-4-6-8-10-12-16(3,14-15)13-11-9-7-5-2/h4-14H2,1-3H3/q+1. The minimum atomic E-state index is 0.776. The molecule has 0 unspecified atom stereocenters. The topological polar surface area (TPSA) is 0 Å². The maximum Gasteiger partial charge on any atom is 0.154 e. The lowest BCUT2D eigenvalue weighted by Gasteiger charge is -2.32. The van der Waals surface area contributed by atoms with E-state index in [9.17, 15) is 0 Å². The number of unbranched alkanes of at least 4 members (excludes halogenated alkanes) is 6. The second-order valence-corrected chi connectivity index (χ2v) is 5.55. The lowest BCUT2D eigenvalue weighted by molar-refractivity contribution is -0.899. The zero-order valence-corrected chi connectivity index (χ0v) is 12.4. The van der Waals surface area contributed by atoms with Crippen LogP contribution in [-0.2, 0) is 0 Å². The molecule has 16 heavy (non-hydrogen) atoms. The first-order valence-corrected chi connectivity index (χ1v) is 7.61. The van der Waals surface area contributed by atoms with Crippen LogP contribution in [0.5, 0.6) is 0 Å². The molecule has 0 atom stereocenters. The second kappa shape index (κ2) is 10.4. The summed E-state index contributed by atoms with van der Waals surface area (Å²) < 4.78 is 1.06. The van der Waals surface area contributed by atoms with E-state index in [1.807, 2.05) is 0 Å². The van der Waals surface area contributed by atoms with Gasteiger partial charge in [-0.3, -0.25) is 0 Å². The van der Waals surface area contributed by atoms with Crippen LogP contribution >= 0.6 is 11.6 Å². The second-order valence-electron chi connectivity index (χ2n) is 5.31. The predicted octanol–water partition coefficient (Wildman–Crippen LogP) is 4.79. The minimum Gasteiger partial charge on any atom is -0.313 e. The SMILES string of the molecule is CCCCCC[N+](C)(CCl)CCCCCC. The van der Waals surface area contributed by atoms with Gasteiger partial charge in [0.1, 0.15) is 0 Å². The Bertz CT molecular complexity index is 136. The number of rotatable bonds is 11. The fourth-order valence-electron chi connectivity index (χ4n) is 2.07. The molecule has 2 heteroatoms. The molecule has 98 valence electrons. The third-order valence-corrected chi connectivity index (χ3v) is 3.97. The van der Waals surface area contributed by atoms with Gasteiger partial charge in [0, 0.05) is 0 Å². The Morgan fingerprint density at radius 2 is 1.19 bits per heavy atom. The van der Waals surface area contributed by atoms with E-state index in [4.69, 9.17) is 11.6 Å². The maximum absolute atomic E-state index is 6.11. The number of alkyl halides is 1. The van der Waals surface area contributed by atoms with E-state index in [0.29, 0.717) is 0 Å². The van der Waals surface area contributed by atoms with Gasteiger partial charge in [-0.15, -0.1) is 0 Å². The molecule has 0 amide bonds. The molecule has 0 aromatic carbocycles. The van der Waals surface area contributed by atoms with Gasteiger partial charge in [-0.25, -0.2) is 0 Å². The van der Waals surface area contributed by atoms with Crippen LogP contribution in [0.3, 0.4) is 0 Å². The van der Waals surface area contributed by atoms with E-state index in [1.54, 1.807) is 0 Å². The number of nitrogens with zero attached hydrogens (tertiary/aromatic N) is 1. The summed E-state index contributed by atoms with van der Waals surface area (Å²) in [6.45, 7) is 7.05. The highest BCUT2D eigenvalue weighted by Crippen LogP contribution is 2.12. The third kappa shape index (κ3) is 8.41. The average Bonchev–Trinajstić information content (AvgIpc) is 2.31. The Balaban J connectivity index is 3.64. The van der Waals surface area contributed by atoms with Gasteiger partial charge in [-0.2, -0.15) is 0 Å². The number of hydrogen-bond donors (Lipinski definition) is 0. The molecule has 0 aliphatic rings. The molecule has 1 nitrogen and oxygen atoms in total. The van der Waals surface area contributed by atoms with E-state index in [-0.39, 0.29) is 0 Å². The Kier molecular flexibility index (Phi) is 10.6. The van der Waals surface area contributed by atoms with E-state index < -0.39 is 0 Å². The lowest BCUT2D eigenvalue weighted by Crippen LogP contribution is -2.44. The zero-order valence-electron chi connectivity index (χ0n) is 11.6. The van der Waals surface area contributed by atoms with Crippen molar-refractivity contribution >= 4 is 11.6 Å². The molecular formula is C14H31ClN+. The van der Waals surface area contributed by atoms with Crippen molar-refractivity contribution in [2.24, 2.45) is 0 Å². The largest absolute Gasteiger partial charge is 0.313 e. The van der Waals surface area contributed by atoms with Crippen LogP contribution in [-0.4, -0.2) is 30.6 Å². The normalized spacial score (nSPS) is 12.0. The maximum atomic E-state index is 6.11. The molecule has 0 aliphatic carbocycles. The lowest BCUT2D eigenvalue weighted by atomic mass is 10.1. The van der Waals surface area contributed by atoms with Crippen molar-refractivity contribution in [3.63, 3.8) is 0 Å². The fourth-order valence-corrected chi connectivity index (χ4v) is 2.31. The number of halogens is 1. The third-order valence-electron chi connectivity index (χ3n) is 3.39. The van der Waals surface area contributed by atoms with E-state index >= 15 is 0 Å². The van der Waals surface area contributed by atoms with Gasteiger partial charge in [0.2, 0.25) is 0 Å². The van der Waals surface area contributed by atoms with Crippen molar-refractivity contribution < 1.29 is 4.48 Å². The average molecular weight is 249 g/mol. The van der Waals surface area contributed by atoms with Gasteiger partial charge in [0.15, 0.2) is 6.00 Å². The molecule has 0 radical (unpaired) electrons. The summed E-state index contributed by atoms with van der Waals surface area (Å²) in [5, 5.41) is 0. The predicted molar refractivity (Wildman–Crippen MR) is 74.9 cm³/mol. The van der Waals surface area contributed by atoms with Gasteiger partial charge >= 0.3 is 0 Å². The van der Waals surface area contributed by atoms with Crippen LogP contribution in [0.15, 0.2) is 0 Å². The van der Waals surface area contributed by atoms with Gasteiger partial charge < -0.3 is 4.48 Å². The molecule has 0 aromatic rings. The Morgan fingerprint density at radius 3 is 1.50 bits per heavy atom. The van der Waals surface area contributed by atoms with Gasteiger partial charge in [-0.05, 0) is 25.7 Å². The van der Waals surface area contributed by atoms with E-state index in [0.717, 1.165) is 10.5 Å². The van der Waals surface area contributed by atoms with Crippen molar-refractivity contribution in [3.05, 3.63) is 0 Å². The quantitative estimate of drug-likeness (QED) is 0.213. The molecule has 0 rings (SSSR count). The fraction of sp³-hybridized carbons (Fsp3) is 1.00. The van der Waals surface area contributed by atoms with Crippen LogP contribution < -0.4 is 0 Å². The summed E-state index contributed by atoms with van der Waals surface area (Å²) in [4.78, 5) is 0. The first kappa shape index (κ1) is 16.2. The van der Waals surface area contributed by atoms with Crippen molar-refractivity contribution in [1.82, 2.24) is 0 Å². The zero-order chi connectivity index (χ0) is 12.3. The van der Waals surface area contributed by atoms with Crippen molar-refractivity contribution in [2.45, 2.75) is 65.2 Å². The highest BCUT2D eigenvalue weighted by molar-refractivity contribution is 6.16. The van der Waals surface area contributed by atoms with E-state index in [2.05, 4.69) is 20.9 Å². The number of quaternary nitrogens is 1. The summed E-state index contributed by atoms with van der Waals surface area (Å²) in [6, 6.07) is 0.776. The summed E-state index contributed by atoms with van der Waals surface area (Å²) in [5.74, 6) is 0. The van der Waals surface area contributed by atoms with Gasteiger partial charge in [0.05, 0.1) is 20.1 Å². The van der Waals surface area contributed by atoms with E-state index in [1.165, 1.54) is 64.5 Å². The molecule has 0 N–H and O–H groups in total. The molecule has 0 aromatic heterocycles. The Morgan fingerprint density at radius 1 is 0.750 bits per heavy atom. The summed E-state index contributed by atoms with van der Waals surface area (Å²) in [5.41, 5.74) is 0. The van der Waals surface area contributed by atoms with Crippen molar-refractivity contribution in [2.75, 3.05) is 26.1 Å². The summed E-state index contributed by atoms with van der Waals surface area (Å²) in [7, 11) is 2.31. The first-order chi connectivity index (χ1) is 7.68. The van der Waals surface area contributed by atoms with Gasteiger partial charge in [-0.1, -0.05) is 51.1 Å². The minimum absolute atomic E-state index is 0.776. The molecule has 0 saturated carbocycles. The summed E-state index contributed by atoms with van der Waals surface area (Å²) >= 11 is 6.11. The van der Waals surface area contributed by atoms with Crippen LogP contribution in [0.2, 0.25) is 0 Å². The highest BCUT2D eigenvalue weighted by Gasteiger charge is 2.18. The molecule has 0 aliphatic heterocycles. The van der Waals surface area contributed by atoms with Crippen LogP contribution in [0, 0.1) is 0 Å². The van der Waals surface area contributed by atoms with Crippen LogP contribution in [0.1, 0.15) is 65.2 Å². The van der Waals surface area contributed by atoms with Crippen molar-refractivity contribution in [1.29, 1.82) is 0 Å². The number of hydrogen-bond acceptors (Lipinski definition) is 0. The smallest absolute Gasteiger partial charge is 0.154 e. The molecule has 0 fully saturated rings. The molecule has 0 heterocycles. The van der Waals surface area contributed by atoms with Crippen LogP contribution in [0.25, 0.3) is 0 Å². The van der Waals surface area contributed by atoms with Crippen molar-refractivity contribution in [3.8, 4) is 0 Å². The molecule has 0 saturated heterocycles. The molecule has 0 spiro atoms. The summed E-state index contributed by atoms with van der Waals surface area (Å²) in [6.07, 6.45) is 10.8. The molecule has 0 bridgehead atoms. The van der Waals surface area contributed by atoms with Gasteiger partial charge in [0.25, 0.3) is 0 Å². The monoisotopic (exact) mass is 248 g/mol. The first-order valence-electron chi connectivity index (χ1n) is 7.08. The highest BCUT2D eigenvalue weighted by atomic mass is 35.5. The Hall–Kier alpha value is 0.250. The molecular weight excluding hydrogens is 218 g/mol. The Labute approximate surface area is 108 Å². The van der Waals surface area contributed by atoms with Crippen LogP contribution in [0.4, 0.5) is 0 Å².